The first-order valence-corrected chi connectivity index (χ1v) is 12.0. The summed E-state index contributed by atoms with van der Waals surface area (Å²) in [6, 6.07) is 11.3. The van der Waals surface area contributed by atoms with Crippen molar-refractivity contribution in [3.05, 3.63) is 52.7 Å². The molecule has 0 aliphatic heterocycles. The number of rotatable bonds is 7. The number of carbonyl (C=O) groups is 1. The van der Waals surface area contributed by atoms with Gasteiger partial charge in [-0.2, -0.15) is 0 Å². The van der Waals surface area contributed by atoms with Crippen LogP contribution in [0.2, 0.25) is 0 Å². The SMILES string of the molecule is CCCCCCn1c(-c2ccc(C(=O)[O-])cc2)nc2c3sccc3c3ccsc3c21.[Na+]. The van der Waals surface area contributed by atoms with Gasteiger partial charge < -0.3 is 14.5 Å². The van der Waals surface area contributed by atoms with Gasteiger partial charge in [0.05, 0.1) is 20.9 Å². The zero-order chi connectivity index (χ0) is 20.7. The number of hydrogen-bond acceptors (Lipinski definition) is 5. The van der Waals surface area contributed by atoms with E-state index in [1.165, 1.54) is 45.0 Å². The van der Waals surface area contributed by atoms with Gasteiger partial charge >= 0.3 is 29.6 Å². The summed E-state index contributed by atoms with van der Waals surface area (Å²) < 4.78 is 4.84. The summed E-state index contributed by atoms with van der Waals surface area (Å²) in [6.07, 6.45) is 4.71. The third-order valence-electron chi connectivity index (χ3n) is 5.63. The Labute approximate surface area is 210 Å². The average Bonchev–Trinajstić information content (AvgIpc) is 3.48. The maximum atomic E-state index is 11.2. The van der Waals surface area contributed by atoms with Gasteiger partial charge in [-0.05, 0) is 34.9 Å². The van der Waals surface area contributed by atoms with Crippen LogP contribution in [0.5, 0.6) is 0 Å². The third kappa shape index (κ3) is 3.96. The van der Waals surface area contributed by atoms with E-state index in [2.05, 4.69) is 34.4 Å². The molecule has 0 saturated heterocycles. The van der Waals surface area contributed by atoms with Crippen LogP contribution in [-0.4, -0.2) is 15.5 Å². The molecule has 0 amide bonds. The number of imidazole rings is 1. The Morgan fingerprint density at radius 3 is 2.32 bits per heavy atom. The number of carbonyl (C=O) groups excluding carboxylic acids is 1. The first-order chi connectivity index (χ1) is 14.7. The van der Waals surface area contributed by atoms with Crippen LogP contribution < -0.4 is 34.7 Å². The average molecular weight is 457 g/mol. The van der Waals surface area contributed by atoms with Crippen LogP contribution in [0.1, 0.15) is 43.0 Å². The molecule has 152 valence electrons. The van der Waals surface area contributed by atoms with E-state index in [4.69, 9.17) is 4.98 Å². The van der Waals surface area contributed by atoms with Gasteiger partial charge in [-0.25, -0.2) is 4.98 Å². The van der Waals surface area contributed by atoms with E-state index >= 15 is 0 Å². The Morgan fingerprint density at radius 2 is 1.65 bits per heavy atom. The molecule has 0 aliphatic carbocycles. The van der Waals surface area contributed by atoms with Crippen molar-refractivity contribution < 1.29 is 39.5 Å². The summed E-state index contributed by atoms with van der Waals surface area (Å²) in [5.41, 5.74) is 3.36. The molecule has 5 aromatic rings. The van der Waals surface area contributed by atoms with Gasteiger partial charge in [-0.3, -0.25) is 0 Å². The molecule has 5 rings (SSSR count). The summed E-state index contributed by atoms with van der Waals surface area (Å²) in [5.74, 6) is -0.253. The largest absolute Gasteiger partial charge is 1.00 e. The number of nitrogens with zero attached hydrogens (tertiary/aromatic N) is 2. The van der Waals surface area contributed by atoms with Gasteiger partial charge in [0.25, 0.3) is 0 Å². The predicted molar refractivity (Wildman–Crippen MR) is 124 cm³/mol. The van der Waals surface area contributed by atoms with Gasteiger partial charge in [0.2, 0.25) is 0 Å². The molecule has 0 radical (unpaired) electrons. The minimum Gasteiger partial charge on any atom is -0.545 e. The van der Waals surface area contributed by atoms with Gasteiger partial charge in [-0.1, -0.05) is 50.5 Å². The summed E-state index contributed by atoms with van der Waals surface area (Å²) in [6.45, 7) is 3.12. The van der Waals surface area contributed by atoms with Crippen LogP contribution in [0, 0.1) is 0 Å². The molecule has 4 nitrogen and oxygen atoms in total. The maximum Gasteiger partial charge on any atom is 1.00 e. The van der Waals surface area contributed by atoms with E-state index in [1.54, 1.807) is 34.8 Å². The fourth-order valence-corrected chi connectivity index (χ4v) is 6.00. The molecule has 0 unspecified atom stereocenters. The molecule has 0 N–H and O–H groups in total. The molecule has 0 atom stereocenters. The second kappa shape index (κ2) is 9.43. The molecular formula is C24H21N2NaO2S2. The molecule has 0 bridgehead atoms. The van der Waals surface area contributed by atoms with Crippen molar-refractivity contribution in [1.82, 2.24) is 9.55 Å². The van der Waals surface area contributed by atoms with Crippen molar-refractivity contribution in [3.63, 3.8) is 0 Å². The van der Waals surface area contributed by atoms with E-state index in [1.807, 2.05) is 12.1 Å². The van der Waals surface area contributed by atoms with Crippen LogP contribution in [0.15, 0.2) is 47.2 Å². The van der Waals surface area contributed by atoms with Crippen molar-refractivity contribution in [3.8, 4) is 11.4 Å². The number of thiophene rings is 2. The zero-order valence-electron chi connectivity index (χ0n) is 17.7. The van der Waals surface area contributed by atoms with Gasteiger partial charge in [0, 0.05) is 22.9 Å². The minimum atomic E-state index is -1.16. The summed E-state index contributed by atoms with van der Waals surface area (Å²) in [7, 11) is 0. The number of aromatic carboxylic acids is 1. The molecule has 31 heavy (non-hydrogen) atoms. The monoisotopic (exact) mass is 456 g/mol. The number of unbranched alkanes of at least 4 members (excludes halogenated alkanes) is 3. The van der Waals surface area contributed by atoms with Crippen molar-refractivity contribution >= 4 is 59.8 Å². The number of fused-ring (bicyclic) bond motifs is 6. The van der Waals surface area contributed by atoms with Crippen molar-refractivity contribution in [2.75, 3.05) is 0 Å². The van der Waals surface area contributed by atoms with Crippen LogP contribution in [0.4, 0.5) is 0 Å². The summed E-state index contributed by atoms with van der Waals surface area (Å²) in [5, 5.41) is 18.0. The predicted octanol–water partition coefficient (Wildman–Crippen LogP) is 3.08. The Morgan fingerprint density at radius 1 is 0.968 bits per heavy atom. The Balaban J connectivity index is 0.00000231. The van der Waals surface area contributed by atoms with Crippen molar-refractivity contribution in [1.29, 1.82) is 0 Å². The number of carboxylic acids is 1. The molecule has 0 fully saturated rings. The molecule has 0 spiro atoms. The molecule has 7 heteroatoms. The van der Waals surface area contributed by atoms with Gasteiger partial charge in [0.15, 0.2) is 0 Å². The second-order valence-electron chi connectivity index (χ2n) is 7.54. The van der Waals surface area contributed by atoms with Gasteiger partial charge in [-0.15, -0.1) is 22.7 Å². The van der Waals surface area contributed by atoms with Gasteiger partial charge in [0.1, 0.15) is 11.3 Å². The normalized spacial score (nSPS) is 11.4. The number of benzene rings is 2. The fourth-order valence-electron chi connectivity index (χ4n) is 4.14. The smallest absolute Gasteiger partial charge is 0.545 e. The maximum absolute atomic E-state index is 11.2. The van der Waals surface area contributed by atoms with Crippen LogP contribution in [0.25, 0.3) is 42.6 Å². The third-order valence-corrected chi connectivity index (χ3v) is 7.47. The van der Waals surface area contributed by atoms with Crippen molar-refractivity contribution in [2.45, 2.75) is 39.2 Å². The quantitative estimate of drug-likeness (QED) is 0.279. The van der Waals surface area contributed by atoms with E-state index in [0.717, 1.165) is 29.9 Å². The number of aromatic nitrogens is 2. The molecule has 3 aromatic heterocycles. The zero-order valence-corrected chi connectivity index (χ0v) is 21.3. The number of carboxylic acid groups (broad SMARTS) is 1. The Bertz CT molecular complexity index is 1370. The van der Waals surface area contributed by atoms with Crippen LogP contribution >= 0.6 is 22.7 Å². The number of aryl methyl sites for hydroxylation is 1. The van der Waals surface area contributed by atoms with E-state index in [-0.39, 0.29) is 35.1 Å². The Hall–Kier alpha value is -1.70. The first-order valence-electron chi connectivity index (χ1n) is 10.3. The summed E-state index contributed by atoms with van der Waals surface area (Å²) in [4.78, 5) is 16.3. The van der Waals surface area contributed by atoms with E-state index in [0.29, 0.717) is 0 Å². The second-order valence-corrected chi connectivity index (χ2v) is 9.37. The molecular weight excluding hydrogens is 435 g/mol. The molecule has 0 aliphatic rings. The van der Waals surface area contributed by atoms with E-state index in [9.17, 15) is 9.90 Å². The molecule has 3 heterocycles. The van der Waals surface area contributed by atoms with Crippen LogP contribution in [-0.2, 0) is 6.54 Å². The van der Waals surface area contributed by atoms with E-state index < -0.39 is 5.97 Å². The number of hydrogen-bond donors (Lipinski definition) is 0. The topological polar surface area (TPSA) is 58.0 Å². The molecule has 2 aromatic carbocycles. The van der Waals surface area contributed by atoms with Crippen LogP contribution in [0.3, 0.4) is 0 Å². The fraction of sp³-hybridized carbons (Fsp3) is 0.250. The first kappa shape index (κ1) is 22.5. The van der Waals surface area contributed by atoms with Crippen molar-refractivity contribution in [2.24, 2.45) is 0 Å². The standard InChI is InChI=1S/C24H22N2O2S2.Na/c1-2-3-4-5-12-26-20-19(21-17(10-13-29-21)18-11-14-30-22(18)20)25-23(26)15-6-8-16(9-7-15)24(27)28;/h6-11,13-14H,2-5,12H2,1H3,(H,27,28);/q;+1/p-1. The Kier molecular flexibility index (Phi) is 6.84. The minimum absolute atomic E-state index is 0. The molecule has 0 saturated carbocycles. The summed E-state index contributed by atoms with van der Waals surface area (Å²) >= 11 is 3.50.